The second-order valence-electron chi connectivity index (χ2n) is 5.96. The third-order valence-corrected chi connectivity index (χ3v) is 4.12. The lowest BCUT2D eigenvalue weighted by Crippen LogP contribution is -2.38. The molecule has 1 heterocycles. The fourth-order valence-corrected chi connectivity index (χ4v) is 2.88. The SMILES string of the molecule is O=C(COC(=O)/C=C/c1ccc2c(c1)OCO2)NC1CCCCC1. The van der Waals surface area contributed by atoms with Crippen molar-refractivity contribution < 1.29 is 23.8 Å². The van der Waals surface area contributed by atoms with E-state index in [1.54, 1.807) is 18.2 Å². The van der Waals surface area contributed by atoms with Gasteiger partial charge in [-0.25, -0.2) is 4.79 Å². The molecule has 3 rings (SSSR count). The molecule has 1 aromatic rings. The van der Waals surface area contributed by atoms with Crippen LogP contribution in [-0.2, 0) is 14.3 Å². The molecular weight excluding hydrogens is 310 g/mol. The Kier molecular flexibility index (Phi) is 5.36. The predicted molar refractivity (Wildman–Crippen MR) is 87.6 cm³/mol. The van der Waals surface area contributed by atoms with E-state index in [0.717, 1.165) is 31.2 Å². The number of hydrogen-bond donors (Lipinski definition) is 1. The molecule has 1 aliphatic carbocycles. The van der Waals surface area contributed by atoms with Gasteiger partial charge in [0.2, 0.25) is 6.79 Å². The third kappa shape index (κ3) is 4.50. The maximum absolute atomic E-state index is 11.8. The number of benzene rings is 1. The van der Waals surface area contributed by atoms with E-state index in [0.29, 0.717) is 11.5 Å². The first-order valence-electron chi connectivity index (χ1n) is 8.24. The van der Waals surface area contributed by atoms with Gasteiger partial charge in [0.1, 0.15) is 0 Å². The van der Waals surface area contributed by atoms with Gasteiger partial charge >= 0.3 is 5.97 Å². The molecule has 1 aliphatic heterocycles. The van der Waals surface area contributed by atoms with Crippen molar-refractivity contribution in [1.82, 2.24) is 5.32 Å². The number of carbonyl (C=O) groups excluding carboxylic acids is 2. The molecule has 128 valence electrons. The van der Waals surface area contributed by atoms with E-state index in [1.807, 2.05) is 6.07 Å². The molecule has 0 radical (unpaired) electrons. The molecule has 6 heteroatoms. The van der Waals surface area contributed by atoms with Crippen molar-refractivity contribution in [1.29, 1.82) is 0 Å². The van der Waals surface area contributed by atoms with E-state index in [9.17, 15) is 9.59 Å². The lowest BCUT2D eigenvalue weighted by molar-refractivity contribution is -0.144. The van der Waals surface area contributed by atoms with Crippen LogP contribution in [-0.4, -0.2) is 31.3 Å². The van der Waals surface area contributed by atoms with Crippen LogP contribution in [0.15, 0.2) is 24.3 Å². The number of rotatable bonds is 5. The average Bonchev–Trinajstić information content (AvgIpc) is 3.07. The Morgan fingerprint density at radius 2 is 1.96 bits per heavy atom. The Morgan fingerprint density at radius 3 is 2.79 bits per heavy atom. The summed E-state index contributed by atoms with van der Waals surface area (Å²) in [5.74, 6) is 0.546. The summed E-state index contributed by atoms with van der Waals surface area (Å²) in [6.07, 6.45) is 8.43. The highest BCUT2D eigenvalue weighted by Crippen LogP contribution is 2.32. The molecule has 0 bridgehead atoms. The number of amides is 1. The first kappa shape index (κ1) is 16.4. The fourth-order valence-electron chi connectivity index (χ4n) is 2.88. The van der Waals surface area contributed by atoms with E-state index in [2.05, 4.69) is 5.32 Å². The van der Waals surface area contributed by atoms with Crippen LogP contribution in [0.1, 0.15) is 37.7 Å². The van der Waals surface area contributed by atoms with E-state index in [1.165, 1.54) is 12.5 Å². The van der Waals surface area contributed by atoms with Gasteiger partial charge in [-0.05, 0) is 36.6 Å². The fraction of sp³-hybridized carbons (Fsp3) is 0.444. The molecule has 0 aromatic heterocycles. The Morgan fingerprint density at radius 1 is 1.17 bits per heavy atom. The van der Waals surface area contributed by atoms with E-state index in [4.69, 9.17) is 14.2 Å². The smallest absolute Gasteiger partial charge is 0.331 e. The highest BCUT2D eigenvalue weighted by Gasteiger charge is 2.16. The second-order valence-corrected chi connectivity index (χ2v) is 5.96. The maximum atomic E-state index is 11.8. The minimum Gasteiger partial charge on any atom is -0.454 e. The highest BCUT2D eigenvalue weighted by atomic mass is 16.7. The minimum atomic E-state index is -0.550. The number of hydrogen-bond acceptors (Lipinski definition) is 5. The molecule has 0 spiro atoms. The zero-order chi connectivity index (χ0) is 16.8. The Bertz CT molecular complexity index is 634. The second kappa shape index (κ2) is 7.86. The summed E-state index contributed by atoms with van der Waals surface area (Å²) in [7, 11) is 0. The third-order valence-electron chi connectivity index (χ3n) is 4.12. The molecule has 1 fully saturated rings. The summed E-state index contributed by atoms with van der Waals surface area (Å²) in [5.41, 5.74) is 0.794. The molecule has 24 heavy (non-hydrogen) atoms. The van der Waals surface area contributed by atoms with Crippen LogP contribution < -0.4 is 14.8 Å². The first-order chi connectivity index (χ1) is 11.7. The van der Waals surface area contributed by atoms with Gasteiger partial charge in [0.05, 0.1) is 0 Å². The summed E-state index contributed by atoms with van der Waals surface area (Å²) in [6.45, 7) is -0.0402. The Labute approximate surface area is 140 Å². The summed E-state index contributed by atoms with van der Waals surface area (Å²) >= 11 is 0. The van der Waals surface area contributed by atoms with Crippen LogP contribution >= 0.6 is 0 Å². The quantitative estimate of drug-likeness (QED) is 0.662. The van der Waals surface area contributed by atoms with E-state index in [-0.39, 0.29) is 25.3 Å². The van der Waals surface area contributed by atoms with Crippen molar-refractivity contribution in [2.24, 2.45) is 0 Å². The van der Waals surface area contributed by atoms with E-state index >= 15 is 0 Å². The lowest BCUT2D eigenvalue weighted by atomic mass is 9.95. The van der Waals surface area contributed by atoms with E-state index < -0.39 is 5.97 Å². The van der Waals surface area contributed by atoms with Gasteiger partial charge in [-0.3, -0.25) is 4.79 Å². The molecule has 0 saturated heterocycles. The number of ether oxygens (including phenoxy) is 3. The molecule has 1 aromatic carbocycles. The summed E-state index contributed by atoms with van der Waals surface area (Å²) in [4.78, 5) is 23.5. The van der Waals surface area contributed by atoms with Gasteiger partial charge in [0, 0.05) is 12.1 Å². The summed E-state index contributed by atoms with van der Waals surface area (Å²) in [6, 6.07) is 5.59. The number of nitrogens with one attached hydrogen (secondary N) is 1. The highest BCUT2D eigenvalue weighted by molar-refractivity contribution is 5.89. The van der Waals surface area contributed by atoms with Crippen LogP contribution in [0.25, 0.3) is 6.08 Å². The van der Waals surface area contributed by atoms with Crippen LogP contribution in [0.2, 0.25) is 0 Å². The largest absolute Gasteiger partial charge is 0.454 e. The van der Waals surface area contributed by atoms with Crippen molar-refractivity contribution in [2.75, 3.05) is 13.4 Å². The van der Waals surface area contributed by atoms with Gasteiger partial charge < -0.3 is 19.5 Å². The average molecular weight is 331 g/mol. The topological polar surface area (TPSA) is 73.9 Å². The lowest BCUT2D eigenvalue weighted by Gasteiger charge is -2.22. The van der Waals surface area contributed by atoms with Crippen LogP contribution in [0, 0.1) is 0 Å². The van der Waals surface area contributed by atoms with Crippen molar-refractivity contribution in [3.63, 3.8) is 0 Å². The summed E-state index contributed by atoms with van der Waals surface area (Å²) < 4.78 is 15.5. The van der Waals surface area contributed by atoms with Gasteiger partial charge in [-0.1, -0.05) is 25.3 Å². The molecular formula is C18H21NO5. The van der Waals surface area contributed by atoms with Crippen LogP contribution in [0.4, 0.5) is 0 Å². The minimum absolute atomic E-state index is 0.209. The molecule has 0 unspecified atom stereocenters. The molecule has 2 aliphatic rings. The Hall–Kier alpha value is -2.50. The van der Waals surface area contributed by atoms with Crippen molar-refractivity contribution in [2.45, 2.75) is 38.1 Å². The number of carbonyl (C=O) groups is 2. The number of esters is 1. The van der Waals surface area contributed by atoms with Gasteiger partial charge in [-0.15, -0.1) is 0 Å². The van der Waals surface area contributed by atoms with Gasteiger partial charge in [0.25, 0.3) is 5.91 Å². The standard InChI is InChI=1S/C18H21NO5/c20-17(19-14-4-2-1-3-5-14)11-22-18(21)9-7-13-6-8-15-16(10-13)24-12-23-15/h6-10,14H,1-5,11-12H2,(H,19,20)/b9-7+. The normalized spacial score (nSPS) is 17.0. The van der Waals surface area contributed by atoms with Crippen LogP contribution in [0.5, 0.6) is 11.5 Å². The first-order valence-corrected chi connectivity index (χ1v) is 8.24. The molecule has 0 atom stereocenters. The van der Waals surface area contributed by atoms with Gasteiger partial charge in [0.15, 0.2) is 18.1 Å². The zero-order valence-corrected chi connectivity index (χ0v) is 13.5. The zero-order valence-electron chi connectivity index (χ0n) is 13.5. The molecule has 1 N–H and O–H groups in total. The monoisotopic (exact) mass is 331 g/mol. The maximum Gasteiger partial charge on any atom is 0.331 e. The predicted octanol–water partition coefficient (Wildman–Crippen LogP) is 2.42. The number of fused-ring (bicyclic) bond motifs is 1. The van der Waals surface area contributed by atoms with Crippen molar-refractivity contribution in [3.8, 4) is 11.5 Å². The van der Waals surface area contributed by atoms with Crippen LogP contribution in [0.3, 0.4) is 0 Å². The Balaban J connectivity index is 1.42. The van der Waals surface area contributed by atoms with Gasteiger partial charge in [-0.2, -0.15) is 0 Å². The van der Waals surface area contributed by atoms with Crippen molar-refractivity contribution >= 4 is 18.0 Å². The molecule has 6 nitrogen and oxygen atoms in total. The summed E-state index contributed by atoms with van der Waals surface area (Å²) in [5, 5.41) is 2.91. The molecule has 1 amide bonds. The van der Waals surface area contributed by atoms with Crippen molar-refractivity contribution in [3.05, 3.63) is 29.8 Å². The molecule has 1 saturated carbocycles.